The van der Waals surface area contributed by atoms with E-state index in [-0.39, 0.29) is 18.5 Å². The zero-order chi connectivity index (χ0) is 12.1. The molecule has 0 amide bonds. The SMILES string of the molecule is CCN(CCO)c1c(F)cccc1[C@H](C)N. The van der Waals surface area contributed by atoms with Crippen molar-refractivity contribution in [1.82, 2.24) is 0 Å². The van der Waals surface area contributed by atoms with E-state index in [1.54, 1.807) is 11.0 Å². The average molecular weight is 226 g/mol. The van der Waals surface area contributed by atoms with Gasteiger partial charge in [-0.15, -0.1) is 0 Å². The first-order valence-electron chi connectivity index (χ1n) is 5.51. The summed E-state index contributed by atoms with van der Waals surface area (Å²) >= 11 is 0. The third kappa shape index (κ3) is 2.71. The van der Waals surface area contributed by atoms with Crippen molar-refractivity contribution < 1.29 is 9.50 Å². The number of aliphatic hydroxyl groups excluding tert-OH is 1. The van der Waals surface area contributed by atoms with E-state index in [0.717, 1.165) is 5.56 Å². The van der Waals surface area contributed by atoms with E-state index >= 15 is 0 Å². The van der Waals surface area contributed by atoms with Gasteiger partial charge in [-0.05, 0) is 25.5 Å². The quantitative estimate of drug-likeness (QED) is 0.803. The normalized spacial score (nSPS) is 12.6. The van der Waals surface area contributed by atoms with Crippen molar-refractivity contribution in [3.63, 3.8) is 0 Å². The Morgan fingerprint density at radius 1 is 1.50 bits per heavy atom. The number of aliphatic hydroxyl groups is 1. The Kier molecular flexibility index (Phi) is 4.71. The number of nitrogens with two attached hydrogens (primary N) is 1. The minimum atomic E-state index is -0.287. The van der Waals surface area contributed by atoms with Crippen LogP contribution in [0.15, 0.2) is 18.2 Å². The van der Waals surface area contributed by atoms with Crippen LogP contribution in [-0.2, 0) is 0 Å². The molecule has 90 valence electrons. The van der Waals surface area contributed by atoms with Crippen LogP contribution >= 0.6 is 0 Å². The smallest absolute Gasteiger partial charge is 0.146 e. The summed E-state index contributed by atoms with van der Waals surface area (Å²) in [5.74, 6) is -0.287. The molecule has 0 saturated heterocycles. The summed E-state index contributed by atoms with van der Waals surface area (Å²) in [7, 11) is 0. The highest BCUT2D eigenvalue weighted by atomic mass is 19.1. The fourth-order valence-electron chi connectivity index (χ4n) is 1.78. The molecule has 0 aliphatic carbocycles. The molecule has 3 N–H and O–H groups in total. The second-order valence-corrected chi connectivity index (χ2v) is 3.77. The number of hydrogen-bond donors (Lipinski definition) is 2. The standard InChI is InChI=1S/C12H19FN2O/c1-3-15(7-8-16)12-10(9(2)14)5-4-6-11(12)13/h4-6,9,16H,3,7-8,14H2,1-2H3/t9-/m0/s1. The van der Waals surface area contributed by atoms with Gasteiger partial charge >= 0.3 is 0 Å². The fourth-order valence-corrected chi connectivity index (χ4v) is 1.78. The van der Waals surface area contributed by atoms with Gasteiger partial charge in [0, 0.05) is 19.1 Å². The largest absolute Gasteiger partial charge is 0.395 e. The molecule has 1 aromatic carbocycles. The molecular weight excluding hydrogens is 207 g/mol. The highest BCUT2D eigenvalue weighted by molar-refractivity contribution is 5.56. The van der Waals surface area contributed by atoms with Crippen molar-refractivity contribution in [2.45, 2.75) is 19.9 Å². The first-order chi connectivity index (χ1) is 7.61. The number of hydrogen-bond acceptors (Lipinski definition) is 3. The molecule has 0 aliphatic rings. The number of benzene rings is 1. The van der Waals surface area contributed by atoms with E-state index in [9.17, 15) is 4.39 Å². The summed E-state index contributed by atoms with van der Waals surface area (Å²) < 4.78 is 13.8. The van der Waals surface area contributed by atoms with Gasteiger partial charge < -0.3 is 15.7 Å². The average Bonchev–Trinajstić information content (AvgIpc) is 2.26. The van der Waals surface area contributed by atoms with E-state index < -0.39 is 0 Å². The van der Waals surface area contributed by atoms with Gasteiger partial charge in [-0.1, -0.05) is 12.1 Å². The number of anilines is 1. The van der Waals surface area contributed by atoms with Gasteiger partial charge in [0.05, 0.1) is 12.3 Å². The third-order valence-corrected chi connectivity index (χ3v) is 2.58. The molecule has 0 fully saturated rings. The lowest BCUT2D eigenvalue weighted by Crippen LogP contribution is -2.29. The molecule has 0 radical (unpaired) electrons. The number of likely N-dealkylation sites (N-methyl/N-ethyl adjacent to an activating group) is 1. The van der Waals surface area contributed by atoms with E-state index in [4.69, 9.17) is 10.8 Å². The summed E-state index contributed by atoms with van der Waals surface area (Å²) in [6.07, 6.45) is 0. The van der Waals surface area contributed by atoms with E-state index in [1.807, 2.05) is 19.9 Å². The van der Waals surface area contributed by atoms with E-state index in [0.29, 0.717) is 18.8 Å². The Hall–Kier alpha value is -1.13. The lowest BCUT2D eigenvalue weighted by molar-refractivity contribution is 0.302. The van der Waals surface area contributed by atoms with Crippen LogP contribution in [-0.4, -0.2) is 24.8 Å². The Balaban J connectivity index is 3.17. The summed E-state index contributed by atoms with van der Waals surface area (Å²) in [6, 6.07) is 4.67. The van der Waals surface area contributed by atoms with Crippen LogP contribution in [0.5, 0.6) is 0 Å². The Labute approximate surface area is 95.7 Å². The van der Waals surface area contributed by atoms with Crippen LogP contribution in [0.3, 0.4) is 0 Å². The summed E-state index contributed by atoms with van der Waals surface area (Å²) in [5.41, 5.74) is 7.10. The number of nitrogens with zero attached hydrogens (tertiary/aromatic N) is 1. The summed E-state index contributed by atoms with van der Waals surface area (Å²) in [4.78, 5) is 1.80. The molecule has 0 aliphatic heterocycles. The molecule has 0 aromatic heterocycles. The number of rotatable bonds is 5. The zero-order valence-electron chi connectivity index (χ0n) is 9.78. The van der Waals surface area contributed by atoms with Crippen LogP contribution in [0.2, 0.25) is 0 Å². The molecule has 1 atom stereocenters. The first-order valence-corrected chi connectivity index (χ1v) is 5.51. The molecule has 16 heavy (non-hydrogen) atoms. The first kappa shape index (κ1) is 12.9. The van der Waals surface area contributed by atoms with Crippen molar-refractivity contribution in [2.75, 3.05) is 24.6 Å². The van der Waals surface area contributed by atoms with Crippen molar-refractivity contribution in [1.29, 1.82) is 0 Å². The highest BCUT2D eigenvalue weighted by Gasteiger charge is 2.16. The Morgan fingerprint density at radius 2 is 2.19 bits per heavy atom. The molecule has 0 bridgehead atoms. The van der Waals surface area contributed by atoms with Crippen LogP contribution in [0.1, 0.15) is 25.5 Å². The second kappa shape index (κ2) is 5.82. The predicted octanol–water partition coefficient (Wildman–Crippen LogP) is 1.66. The molecule has 3 nitrogen and oxygen atoms in total. The summed E-state index contributed by atoms with van der Waals surface area (Å²) in [6.45, 7) is 4.80. The second-order valence-electron chi connectivity index (χ2n) is 3.77. The van der Waals surface area contributed by atoms with Gasteiger partial charge in [0.15, 0.2) is 0 Å². The van der Waals surface area contributed by atoms with Gasteiger partial charge in [-0.3, -0.25) is 0 Å². The zero-order valence-corrected chi connectivity index (χ0v) is 9.78. The van der Waals surface area contributed by atoms with Crippen molar-refractivity contribution in [3.05, 3.63) is 29.6 Å². The van der Waals surface area contributed by atoms with E-state index in [1.165, 1.54) is 6.07 Å². The van der Waals surface area contributed by atoms with Gasteiger partial charge in [0.1, 0.15) is 5.82 Å². The monoisotopic (exact) mass is 226 g/mol. The fraction of sp³-hybridized carbons (Fsp3) is 0.500. The predicted molar refractivity (Wildman–Crippen MR) is 64.0 cm³/mol. The topological polar surface area (TPSA) is 49.5 Å². The van der Waals surface area contributed by atoms with Crippen molar-refractivity contribution >= 4 is 5.69 Å². The van der Waals surface area contributed by atoms with Crippen LogP contribution < -0.4 is 10.6 Å². The molecular formula is C12H19FN2O. The van der Waals surface area contributed by atoms with E-state index in [2.05, 4.69) is 0 Å². The van der Waals surface area contributed by atoms with Gasteiger partial charge in [0.25, 0.3) is 0 Å². The molecule has 0 heterocycles. The van der Waals surface area contributed by atoms with Crippen LogP contribution in [0.4, 0.5) is 10.1 Å². The lowest BCUT2D eigenvalue weighted by Gasteiger charge is -2.26. The molecule has 0 unspecified atom stereocenters. The maximum absolute atomic E-state index is 13.8. The molecule has 0 saturated carbocycles. The number of para-hydroxylation sites is 1. The lowest BCUT2D eigenvalue weighted by atomic mass is 10.1. The van der Waals surface area contributed by atoms with Crippen LogP contribution in [0, 0.1) is 5.82 Å². The van der Waals surface area contributed by atoms with Gasteiger partial charge in [0.2, 0.25) is 0 Å². The van der Waals surface area contributed by atoms with Crippen LogP contribution in [0.25, 0.3) is 0 Å². The maximum atomic E-state index is 13.8. The minimum absolute atomic E-state index is 0.000562. The molecule has 1 aromatic rings. The highest BCUT2D eigenvalue weighted by Crippen LogP contribution is 2.28. The minimum Gasteiger partial charge on any atom is -0.395 e. The Bertz CT molecular complexity index is 342. The third-order valence-electron chi connectivity index (χ3n) is 2.58. The van der Waals surface area contributed by atoms with Crippen molar-refractivity contribution in [3.8, 4) is 0 Å². The molecule has 4 heteroatoms. The van der Waals surface area contributed by atoms with Gasteiger partial charge in [-0.25, -0.2) is 4.39 Å². The summed E-state index contributed by atoms with van der Waals surface area (Å²) in [5, 5.41) is 8.95. The maximum Gasteiger partial charge on any atom is 0.146 e. The molecule has 0 spiro atoms. The van der Waals surface area contributed by atoms with Crippen molar-refractivity contribution in [2.24, 2.45) is 5.73 Å². The van der Waals surface area contributed by atoms with Gasteiger partial charge in [-0.2, -0.15) is 0 Å². The Morgan fingerprint density at radius 3 is 2.69 bits per heavy atom. The molecule has 1 rings (SSSR count). The number of halogens is 1.